The molecular weight excluding hydrogens is 206 g/mol. The molecule has 0 spiro atoms. The molecule has 5 nitrogen and oxygen atoms in total. The summed E-state index contributed by atoms with van der Waals surface area (Å²) in [5.41, 5.74) is 1.06. The molecule has 0 bridgehead atoms. The first-order valence-corrected chi connectivity index (χ1v) is 4.97. The van der Waals surface area contributed by atoms with Gasteiger partial charge in [-0.2, -0.15) is 5.26 Å². The molecule has 0 saturated heterocycles. The van der Waals surface area contributed by atoms with Crippen LogP contribution >= 0.6 is 0 Å². The summed E-state index contributed by atoms with van der Waals surface area (Å²) in [5.74, 6) is -0.0296. The predicted octanol–water partition coefficient (Wildman–Crippen LogP) is 1.84. The number of rotatable bonds is 5. The van der Waals surface area contributed by atoms with Crippen molar-refractivity contribution in [3.63, 3.8) is 0 Å². The van der Waals surface area contributed by atoms with E-state index >= 15 is 0 Å². The van der Waals surface area contributed by atoms with E-state index in [4.69, 9.17) is 5.26 Å². The van der Waals surface area contributed by atoms with E-state index in [9.17, 15) is 10.1 Å². The molecule has 0 aliphatic carbocycles. The Bertz CT molecular complexity index is 395. The van der Waals surface area contributed by atoms with Crippen molar-refractivity contribution in [1.82, 2.24) is 5.32 Å². The lowest BCUT2D eigenvalue weighted by Gasteiger charge is -2.05. The van der Waals surface area contributed by atoms with E-state index in [1.165, 1.54) is 12.1 Å². The van der Waals surface area contributed by atoms with Crippen LogP contribution < -0.4 is 5.32 Å². The number of non-ortho nitro benzene ring substituents is 1. The van der Waals surface area contributed by atoms with Crippen LogP contribution in [0.1, 0.15) is 12.5 Å². The van der Waals surface area contributed by atoms with Gasteiger partial charge in [-0.15, -0.1) is 0 Å². The molecule has 0 heterocycles. The van der Waals surface area contributed by atoms with Crippen LogP contribution in [0.2, 0.25) is 0 Å². The minimum Gasteiger partial charge on any atom is -0.311 e. The van der Waals surface area contributed by atoms with Gasteiger partial charge in [0, 0.05) is 25.2 Å². The van der Waals surface area contributed by atoms with Crippen LogP contribution in [0, 0.1) is 27.4 Å². The van der Waals surface area contributed by atoms with Crippen molar-refractivity contribution >= 4 is 5.69 Å². The molecule has 0 aliphatic rings. The standard InChI is InChI=1S/C11H13N3O2/c1-9(6-12)7-13-8-10-2-4-11(5-3-10)14(15)16/h2-5,9,13H,7-8H2,1H3. The van der Waals surface area contributed by atoms with Gasteiger partial charge in [-0.05, 0) is 12.5 Å². The maximum absolute atomic E-state index is 10.4. The van der Waals surface area contributed by atoms with Gasteiger partial charge in [0.1, 0.15) is 0 Å². The normalized spacial score (nSPS) is 11.8. The SMILES string of the molecule is CC(C#N)CNCc1ccc([N+](=O)[O-])cc1. The molecule has 84 valence electrons. The third kappa shape index (κ3) is 3.67. The number of nitrogens with zero attached hydrogens (tertiary/aromatic N) is 2. The molecule has 0 amide bonds. The van der Waals surface area contributed by atoms with E-state index in [-0.39, 0.29) is 11.6 Å². The Labute approximate surface area is 93.9 Å². The second-order valence-electron chi connectivity index (χ2n) is 3.58. The summed E-state index contributed by atoms with van der Waals surface area (Å²) in [4.78, 5) is 9.99. The minimum absolute atomic E-state index is 0.0296. The molecule has 1 unspecified atom stereocenters. The van der Waals surface area contributed by atoms with Gasteiger partial charge in [-0.25, -0.2) is 0 Å². The summed E-state index contributed by atoms with van der Waals surface area (Å²) in [6.45, 7) is 3.07. The van der Waals surface area contributed by atoms with Crippen LogP contribution in [0.5, 0.6) is 0 Å². The van der Waals surface area contributed by atoms with Crippen molar-refractivity contribution in [3.05, 3.63) is 39.9 Å². The Morgan fingerprint density at radius 2 is 2.12 bits per heavy atom. The highest BCUT2D eigenvalue weighted by Crippen LogP contribution is 2.11. The fourth-order valence-electron chi connectivity index (χ4n) is 1.21. The summed E-state index contributed by atoms with van der Waals surface area (Å²) < 4.78 is 0. The molecule has 16 heavy (non-hydrogen) atoms. The second kappa shape index (κ2) is 5.83. The molecule has 1 aromatic rings. The Balaban J connectivity index is 2.44. The molecule has 0 radical (unpaired) electrons. The topological polar surface area (TPSA) is 79.0 Å². The highest BCUT2D eigenvalue weighted by molar-refractivity contribution is 5.32. The van der Waals surface area contributed by atoms with E-state index < -0.39 is 4.92 Å². The van der Waals surface area contributed by atoms with E-state index in [0.717, 1.165) is 5.56 Å². The Morgan fingerprint density at radius 3 is 2.62 bits per heavy atom. The van der Waals surface area contributed by atoms with Crippen LogP contribution in [0.3, 0.4) is 0 Å². The van der Waals surface area contributed by atoms with Gasteiger partial charge >= 0.3 is 0 Å². The Hall–Kier alpha value is -1.93. The summed E-state index contributed by atoms with van der Waals surface area (Å²) in [5, 5.41) is 22.1. The molecule has 1 rings (SSSR count). The van der Waals surface area contributed by atoms with Crippen LogP contribution in [-0.4, -0.2) is 11.5 Å². The monoisotopic (exact) mass is 219 g/mol. The Morgan fingerprint density at radius 1 is 1.50 bits per heavy atom. The quantitative estimate of drug-likeness (QED) is 0.605. The van der Waals surface area contributed by atoms with E-state index in [1.54, 1.807) is 12.1 Å². The van der Waals surface area contributed by atoms with Crippen molar-refractivity contribution in [2.45, 2.75) is 13.5 Å². The van der Waals surface area contributed by atoms with Gasteiger partial charge in [0.05, 0.1) is 16.9 Å². The summed E-state index contributed by atoms with van der Waals surface area (Å²) in [7, 11) is 0. The molecule has 0 fully saturated rings. The van der Waals surface area contributed by atoms with Crippen LogP contribution in [-0.2, 0) is 6.54 Å². The first-order valence-electron chi connectivity index (χ1n) is 4.97. The molecule has 0 saturated carbocycles. The number of hydrogen-bond donors (Lipinski definition) is 1. The van der Waals surface area contributed by atoms with Gasteiger partial charge in [-0.3, -0.25) is 10.1 Å². The first kappa shape index (κ1) is 12.1. The summed E-state index contributed by atoms with van der Waals surface area (Å²) >= 11 is 0. The smallest absolute Gasteiger partial charge is 0.269 e. The average molecular weight is 219 g/mol. The zero-order valence-electron chi connectivity index (χ0n) is 9.01. The van der Waals surface area contributed by atoms with Gasteiger partial charge in [0.2, 0.25) is 0 Å². The van der Waals surface area contributed by atoms with Crippen molar-refractivity contribution in [1.29, 1.82) is 5.26 Å². The molecule has 0 aliphatic heterocycles. The zero-order valence-corrected chi connectivity index (χ0v) is 9.01. The third-order valence-corrected chi connectivity index (χ3v) is 2.15. The number of nitro benzene ring substituents is 1. The van der Waals surface area contributed by atoms with Crippen molar-refractivity contribution in [2.75, 3.05) is 6.54 Å². The van der Waals surface area contributed by atoms with Gasteiger partial charge in [0.25, 0.3) is 5.69 Å². The number of nitriles is 1. The number of nitro groups is 1. The number of benzene rings is 1. The highest BCUT2D eigenvalue weighted by atomic mass is 16.6. The van der Waals surface area contributed by atoms with Crippen molar-refractivity contribution in [2.24, 2.45) is 5.92 Å². The number of nitrogens with one attached hydrogen (secondary N) is 1. The zero-order chi connectivity index (χ0) is 12.0. The lowest BCUT2D eigenvalue weighted by atomic mass is 10.2. The Kier molecular flexibility index (Phi) is 4.42. The minimum atomic E-state index is -0.422. The van der Waals surface area contributed by atoms with E-state index in [0.29, 0.717) is 13.1 Å². The lowest BCUT2D eigenvalue weighted by molar-refractivity contribution is -0.384. The summed E-state index contributed by atoms with van der Waals surface area (Å²) in [6.07, 6.45) is 0. The third-order valence-electron chi connectivity index (χ3n) is 2.15. The summed E-state index contributed by atoms with van der Waals surface area (Å²) in [6, 6.07) is 8.50. The lowest BCUT2D eigenvalue weighted by Crippen LogP contribution is -2.19. The maximum atomic E-state index is 10.4. The van der Waals surface area contributed by atoms with E-state index in [2.05, 4.69) is 11.4 Å². The van der Waals surface area contributed by atoms with Gasteiger partial charge in [-0.1, -0.05) is 12.1 Å². The molecule has 1 atom stereocenters. The van der Waals surface area contributed by atoms with Gasteiger partial charge in [0.15, 0.2) is 0 Å². The fourth-order valence-corrected chi connectivity index (χ4v) is 1.21. The molecule has 0 aromatic heterocycles. The molecule has 1 N–H and O–H groups in total. The van der Waals surface area contributed by atoms with Crippen LogP contribution in [0.4, 0.5) is 5.69 Å². The second-order valence-corrected chi connectivity index (χ2v) is 3.58. The fraction of sp³-hybridized carbons (Fsp3) is 0.364. The van der Waals surface area contributed by atoms with Crippen molar-refractivity contribution in [3.8, 4) is 6.07 Å². The molecular formula is C11H13N3O2. The largest absolute Gasteiger partial charge is 0.311 e. The van der Waals surface area contributed by atoms with Gasteiger partial charge < -0.3 is 5.32 Å². The van der Waals surface area contributed by atoms with Crippen molar-refractivity contribution < 1.29 is 4.92 Å². The highest BCUT2D eigenvalue weighted by Gasteiger charge is 2.04. The molecule has 1 aromatic carbocycles. The van der Waals surface area contributed by atoms with E-state index in [1.807, 2.05) is 6.92 Å². The first-order chi connectivity index (χ1) is 7.63. The predicted molar refractivity (Wildman–Crippen MR) is 59.6 cm³/mol. The molecule has 5 heteroatoms. The van der Waals surface area contributed by atoms with Crippen LogP contribution in [0.25, 0.3) is 0 Å². The number of hydrogen-bond acceptors (Lipinski definition) is 4. The average Bonchev–Trinajstić information content (AvgIpc) is 2.29. The van der Waals surface area contributed by atoms with Crippen LogP contribution in [0.15, 0.2) is 24.3 Å². The maximum Gasteiger partial charge on any atom is 0.269 e.